The van der Waals surface area contributed by atoms with Gasteiger partial charge in [-0.2, -0.15) is 0 Å². The topological polar surface area (TPSA) is 104 Å². The first-order valence-corrected chi connectivity index (χ1v) is 11.2. The van der Waals surface area contributed by atoms with Crippen LogP contribution in [-0.4, -0.2) is 34.2 Å². The minimum atomic E-state index is -0.527. The zero-order valence-electron chi connectivity index (χ0n) is 16.5. The van der Waals surface area contributed by atoms with Gasteiger partial charge >= 0.3 is 0 Å². The third kappa shape index (κ3) is 4.94. The van der Waals surface area contributed by atoms with Crippen molar-refractivity contribution in [1.82, 2.24) is 9.97 Å². The second kappa shape index (κ2) is 8.90. The van der Waals surface area contributed by atoms with Crippen molar-refractivity contribution in [3.63, 3.8) is 0 Å². The summed E-state index contributed by atoms with van der Waals surface area (Å²) >= 11 is 2.52. The lowest BCUT2D eigenvalue weighted by Gasteiger charge is -2.10. The van der Waals surface area contributed by atoms with E-state index in [4.69, 9.17) is 0 Å². The number of carbonyl (C=O) groups excluding carboxylic acids is 3. The van der Waals surface area contributed by atoms with E-state index in [-0.39, 0.29) is 29.7 Å². The van der Waals surface area contributed by atoms with E-state index in [1.165, 1.54) is 41.7 Å². The van der Waals surface area contributed by atoms with Crippen molar-refractivity contribution in [3.8, 4) is 11.3 Å². The summed E-state index contributed by atoms with van der Waals surface area (Å²) in [5, 5.41) is 9.58. The first-order chi connectivity index (χ1) is 14.9. The highest BCUT2D eigenvalue weighted by Crippen LogP contribution is 2.29. The van der Waals surface area contributed by atoms with E-state index < -0.39 is 5.82 Å². The fraction of sp³-hybridized carbons (Fsp3) is 0.250. The Morgan fingerprint density at radius 3 is 2.74 bits per heavy atom. The molecular formula is C20H18FN5O3S2. The Balaban J connectivity index is 1.39. The van der Waals surface area contributed by atoms with Crippen molar-refractivity contribution in [2.45, 2.75) is 26.2 Å². The van der Waals surface area contributed by atoms with Crippen molar-refractivity contribution < 1.29 is 18.8 Å². The fourth-order valence-electron chi connectivity index (χ4n) is 3.14. The van der Waals surface area contributed by atoms with Crippen LogP contribution in [0.15, 0.2) is 29.0 Å². The van der Waals surface area contributed by atoms with Gasteiger partial charge < -0.3 is 10.6 Å². The summed E-state index contributed by atoms with van der Waals surface area (Å²) in [4.78, 5) is 45.6. The van der Waals surface area contributed by atoms with Gasteiger partial charge in [0, 0.05) is 41.9 Å². The molecule has 1 aliphatic heterocycles. The normalized spacial score (nSPS) is 13.5. The molecule has 2 N–H and O–H groups in total. The number of benzene rings is 1. The summed E-state index contributed by atoms with van der Waals surface area (Å²) in [6.07, 6.45) is 1.39. The molecule has 0 spiro atoms. The number of aromatic nitrogens is 2. The van der Waals surface area contributed by atoms with Crippen LogP contribution in [-0.2, 0) is 20.8 Å². The number of anilines is 3. The first-order valence-electron chi connectivity index (χ1n) is 9.46. The Labute approximate surface area is 185 Å². The molecule has 1 aromatic carbocycles. The number of carbonyl (C=O) groups is 3. The van der Waals surface area contributed by atoms with E-state index in [1.54, 1.807) is 21.7 Å². The van der Waals surface area contributed by atoms with Gasteiger partial charge in [0.05, 0.1) is 17.8 Å². The molecule has 160 valence electrons. The number of amides is 3. The lowest BCUT2D eigenvalue weighted by Crippen LogP contribution is -2.23. The zero-order valence-corrected chi connectivity index (χ0v) is 18.1. The predicted octanol–water partition coefficient (Wildman–Crippen LogP) is 3.67. The van der Waals surface area contributed by atoms with E-state index in [2.05, 4.69) is 20.6 Å². The lowest BCUT2D eigenvalue weighted by molar-refractivity contribution is -0.117. The molecule has 0 aliphatic carbocycles. The van der Waals surface area contributed by atoms with Gasteiger partial charge in [0.1, 0.15) is 5.82 Å². The van der Waals surface area contributed by atoms with E-state index in [1.807, 2.05) is 0 Å². The van der Waals surface area contributed by atoms with Crippen LogP contribution in [0.1, 0.15) is 25.5 Å². The molecule has 4 rings (SSSR count). The molecule has 8 nitrogen and oxygen atoms in total. The second-order valence-corrected chi connectivity index (χ2v) is 8.60. The average Bonchev–Trinajstić information content (AvgIpc) is 3.43. The van der Waals surface area contributed by atoms with E-state index in [9.17, 15) is 18.8 Å². The van der Waals surface area contributed by atoms with Gasteiger partial charge in [-0.15, -0.1) is 22.7 Å². The molecule has 0 atom stereocenters. The number of rotatable bonds is 6. The molecule has 0 saturated carbocycles. The zero-order chi connectivity index (χ0) is 22.0. The summed E-state index contributed by atoms with van der Waals surface area (Å²) in [6.45, 7) is 2.00. The first kappa shape index (κ1) is 21.1. The minimum Gasteiger partial charge on any atom is -0.326 e. The van der Waals surface area contributed by atoms with Crippen molar-refractivity contribution >= 4 is 56.3 Å². The van der Waals surface area contributed by atoms with Gasteiger partial charge in [-0.25, -0.2) is 14.4 Å². The van der Waals surface area contributed by atoms with Crippen molar-refractivity contribution in [2.24, 2.45) is 0 Å². The summed E-state index contributed by atoms with van der Waals surface area (Å²) in [5.74, 6) is -1.06. The molecule has 1 aliphatic rings. The number of hydrogen-bond acceptors (Lipinski definition) is 7. The van der Waals surface area contributed by atoms with Gasteiger partial charge in [-0.3, -0.25) is 19.3 Å². The molecule has 0 radical (unpaired) electrons. The number of thiazole rings is 2. The Morgan fingerprint density at radius 1 is 1.19 bits per heavy atom. The minimum absolute atomic E-state index is 0.0488. The van der Waals surface area contributed by atoms with Crippen LogP contribution in [0.4, 0.5) is 20.3 Å². The molecule has 3 aromatic rings. The molecular weight excluding hydrogens is 441 g/mol. The molecule has 2 aromatic heterocycles. The molecule has 0 bridgehead atoms. The molecule has 31 heavy (non-hydrogen) atoms. The quantitative estimate of drug-likeness (QED) is 0.585. The summed E-state index contributed by atoms with van der Waals surface area (Å²) < 4.78 is 14.4. The Morgan fingerprint density at radius 2 is 2.03 bits per heavy atom. The van der Waals surface area contributed by atoms with Crippen LogP contribution in [0.25, 0.3) is 11.3 Å². The van der Waals surface area contributed by atoms with E-state index in [0.29, 0.717) is 40.3 Å². The maximum Gasteiger partial charge on any atom is 0.232 e. The van der Waals surface area contributed by atoms with Gasteiger partial charge in [-0.1, -0.05) is 0 Å². The molecule has 3 heterocycles. The lowest BCUT2D eigenvalue weighted by atomic mass is 10.1. The number of nitrogens with one attached hydrogen (secondary N) is 2. The van der Waals surface area contributed by atoms with Crippen LogP contribution >= 0.6 is 22.7 Å². The highest BCUT2D eigenvalue weighted by atomic mass is 32.1. The molecule has 11 heteroatoms. The molecule has 3 amide bonds. The average molecular weight is 460 g/mol. The molecule has 0 unspecified atom stereocenters. The predicted molar refractivity (Wildman–Crippen MR) is 118 cm³/mol. The highest BCUT2D eigenvalue weighted by molar-refractivity contribution is 7.14. The number of hydrogen-bond donors (Lipinski definition) is 2. The third-order valence-electron chi connectivity index (χ3n) is 4.50. The van der Waals surface area contributed by atoms with Crippen LogP contribution in [0.5, 0.6) is 0 Å². The number of nitrogens with zero attached hydrogens (tertiary/aromatic N) is 3. The van der Waals surface area contributed by atoms with Crippen LogP contribution in [0.3, 0.4) is 0 Å². The molecule has 1 saturated heterocycles. The summed E-state index contributed by atoms with van der Waals surface area (Å²) in [7, 11) is 0. The SMILES string of the molecule is CC(=O)Nc1ccc(-c2csc(NC(=O)Cc3csc(N4CCCC4=O)n3)n2)c(F)c1. The van der Waals surface area contributed by atoms with Gasteiger partial charge in [0.25, 0.3) is 0 Å². The third-order valence-corrected chi connectivity index (χ3v) is 6.17. The van der Waals surface area contributed by atoms with Crippen LogP contribution in [0, 0.1) is 5.82 Å². The molecule has 1 fully saturated rings. The maximum atomic E-state index is 14.4. The van der Waals surface area contributed by atoms with Crippen molar-refractivity contribution in [2.75, 3.05) is 22.1 Å². The Bertz CT molecular complexity index is 1160. The standard InChI is InChI=1S/C20H18FN5O3S2/c1-11(27)22-12-4-5-14(15(21)7-12)16-10-30-19(24-16)25-17(28)8-13-9-31-20(23-13)26-6-2-3-18(26)29/h4-5,7,9-10H,2-3,6,8H2,1H3,(H,22,27)(H,24,25,28). The summed E-state index contributed by atoms with van der Waals surface area (Å²) in [6, 6.07) is 4.33. The smallest absolute Gasteiger partial charge is 0.232 e. The highest BCUT2D eigenvalue weighted by Gasteiger charge is 2.24. The van der Waals surface area contributed by atoms with E-state index in [0.717, 1.165) is 6.42 Å². The largest absolute Gasteiger partial charge is 0.326 e. The number of halogens is 1. The monoisotopic (exact) mass is 459 g/mol. The van der Waals surface area contributed by atoms with Gasteiger partial charge in [0.2, 0.25) is 17.7 Å². The fourth-order valence-corrected chi connectivity index (χ4v) is 4.73. The maximum absolute atomic E-state index is 14.4. The van der Waals surface area contributed by atoms with Crippen molar-refractivity contribution in [3.05, 3.63) is 40.5 Å². The Hall–Kier alpha value is -3.18. The van der Waals surface area contributed by atoms with Crippen LogP contribution < -0.4 is 15.5 Å². The summed E-state index contributed by atoms with van der Waals surface area (Å²) in [5.41, 5.74) is 1.59. The Kier molecular flexibility index (Phi) is 6.05. The van der Waals surface area contributed by atoms with Crippen LogP contribution in [0.2, 0.25) is 0 Å². The van der Waals surface area contributed by atoms with Crippen molar-refractivity contribution in [1.29, 1.82) is 0 Å². The second-order valence-electron chi connectivity index (χ2n) is 6.91. The van der Waals surface area contributed by atoms with E-state index >= 15 is 0 Å². The van der Waals surface area contributed by atoms with Gasteiger partial charge in [0.15, 0.2) is 10.3 Å². The van der Waals surface area contributed by atoms with Gasteiger partial charge in [-0.05, 0) is 24.6 Å².